The maximum absolute atomic E-state index is 4.86. The summed E-state index contributed by atoms with van der Waals surface area (Å²) in [5, 5.41) is 2.81. The van der Waals surface area contributed by atoms with Crippen molar-refractivity contribution in [1.82, 2.24) is 4.98 Å². The second-order valence-corrected chi connectivity index (χ2v) is 9.59. The molecule has 4 aromatic rings. The van der Waals surface area contributed by atoms with E-state index in [9.17, 15) is 0 Å². The van der Waals surface area contributed by atoms with Gasteiger partial charge in [0.15, 0.2) is 0 Å². The lowest BCUT2D eigenvalue weighted by Crippen LogP contribution is -2.23. The molecule has 0 bridgehead atoms. The topological polar surface area (TPSA) is 12.9 Å². The monoisotopic (exact) mass is 387 g/mol. The average Bonchev–Trinajstić information content (AvgIpc) is 3.49. The summed E-state index contributed by atoms with van der Waals surface area (Å²) in [7, 11) is 0. The first-order valence-electron chi connectivity index (χ1n) is 11.4. The summed E-state index contributed by atoms with van der Waals surface area (Å²) < 4.78 is 0. The summed E-state index contributed by atoms with van der Waals surface area (Å²) in [4.78, 5) is 4.86. The van der Waals surface area contributed by atoms with Crippen LogP contribution in [0.3, 0.4) is 0 Å². The molecule has 0 saturated carbocycles. The fourth-order valence-electron chi connectivity index (χ4n) is 6.57. The third kappa shape index (κ3) is 2.27. The largest absolute Gasteiger partial charge is 0.256 e. The molecule has 3 aliphatic rings. The van der Waals surface area contributed by atoms with E-state index in [-0.39, 0.29) is 0 Å². The van der Waals surface area contributed by atoms with Crippen molar-refractivity contribution < 1.29 is 0 Å². The van der Waals surface area contributed by atoms with E-state index in [2.05, 4.69) is 66.9 Å². The van der Waals surface area contributed by atoms with Crippen LogP contribution in [0.15, 0.2) is 66.9 Å². The van der Waals surface area contributed by atoms with Gasteiger partial charge in [-0.15, -0.1) is 0 Å². The van der Waals surface area contributed by atoms with Crippen LogP contribution in [-0.2, 0) is 37.5 Å². The molecule has 0 fully saturated rings. The first-order valence-corrected chi connectivity index (χ1v) is 11.4. The lowest BCUT2D eigenvalue weighted by Gasteiger charge is -2.25. The Kier molecular flexibility index (Phi) is 3.39. The molecule has 0 unspecified atom stereocenters. The van der Waals surface area contributed by atoms with Crippen molar-refractivity contribution in [2.75, 3.05) is 0 Å². The van der Waals surface area contributed by atoms with Crippen molar-refractivity contribution in [3.63, 3.8) is 0 Å². The van der Waals surface area contributed by atoms with E-state index >= 15 is 0 Å². The number of fused-ring (bicyclic) bond motifs is 6. The van der Waals surface area contributed by atoms with Gasteiger partial charge in [0.05, 0.1) is 5.69 Å². The molecule has 0 atom stereocenters. The van der Waals surface area contributed by atoms with Gasteiger partial charge in [-0.25, -0.2) is 0 Å². The van der Waals surface area contributed by atoms with Crippen LogP contribution < -0.4 is 0 Å². The Labute approximate surface area is 177 Å². The predicted molar refractivity (Wildman–Crippen MR) is 123 cm³/mol. The fraction of sp³-hybridized carbons (Fsp3) is 0.276. The van der Waals surface area contributed by atoms with Crippen molar-refractivity contribution in [2.24, 2.45) is 0 Å². The number of hydrogen-bond acceptors (Lipinski definition) is 1. The number of aromatic nitrogens is 1. The summed E-state index contributed by atoms with van der Waals surface area (Å²) in [5.41, 5.74) is 12.0. The molecule has 1 aromatic heterocycles. The molecule has 0 aliphatic heterocycles. The molecule has 146 valence electrons. The quantitative estimate of drug-likeness (QED) is 0.370. The Hall–Kier alpha value is -2.93. The second kappa shape index (κ2) is 6.04. The standard InChI is InChI=1S/C29H25N/c1-2-6-21-17-29(16-20(21)5-1)14-13-25-23-9-4-10-26(24(23)11-12-27(25)29)28-15-19-7-3-8-22(19)18-30-28/h1-2,4-6,9-12,15,18H,3,7-8,13-14,16-17H2. The number of nitrogens with zero attached hydrogens (tertiary/aromatic N) is 1. The highest BCUT2D eigenvalue weighted by Crippen LogP contribution is 2.50. The van der Waals surface area contributed by atoms with Gasteiger partial charge >= 0.3 is 0 Å². The van der Waals surface area contributed by atoms with Crippen LogP contribution in [0, 0.1) is 0 Å². The molecule has 0 radical (unpaired) electrons. The molecule has 0 amide bonds. The van der Waals surface area contributed by atoms with E-state index in [4.69, 9.17) is 4.98 Å². The van der Waals surface area contributed by atoms with Crippen LogP contribution in [0.1, 0.15) is 46.2 Å². The minimum Gasteiger partial charge on any atom is -0.256 e. The SMILES string of the molecule is c1ccc2c(c1)CC1(CCc3c1ccc1c(-c4cc5c(cn4)CCC5)cccc31)C2. The van der Waals surface area contributed by atoms with Crippen LogP contribution >= 0.6 is 0 Å². The average molecular weight is 388 g/mol. The molecule has 1 heteroatoms. The second-order valence-electron chi connectivity index (χ2n) is 9.59. The zero-order valence-electron chi connectivity index (χ0n) is 17.2. The Morgan fingerprint density at radius 3 is 2.40 bits per heavy atom. The van der Waals surface area contributed by atoms with Crippen LogP contribution in [0.4, 0.5) is 0 Å². The van der Waals surface area contributed by atoms with Gasteiger partial charge in [-0.3, -0.25) is 4.98 Å². The molecule has 0 N–H and O–H groups in total. The smallest absolute Gasteiger partial charge is 0.0711 e. The highest BCUT2D eigenvalue weighted by Gasteiger charge is 2.43. The van der Waals surface area contributed by atoms with Crippen LogP contribution in [0.5, 0.6) is 0 Å². The molecule has 1 nitrogen and oxygen atoms in total. The maximum Gasteiger partial charge on any atom is 0.0711 e. The molecular formula is C29H25N. The van der Waals surface area contributed by atoms with Gasteiger partial charge in [0.1, 0.15) is 0 Å². The Balaban J connectivity index is 1.37. The molecule has 0 saturated heterocycles. The summed E-state index contributed by atoms with van der Waals surface area (Å²) in [5.74, 6) is 0. The molecule has 30 heavy (non-hydrogen) atoms. The minimum atomic E-state index is 0.315. The zero-order valence-corrected chi connectivity index (χ0v) is 17.2. The van der Waals surface area contributed by atoms with E-state index in [0.29, 0.717) is 5.41 Å². The molecule has 3 aromatic carbocycles. The van der Waals surface area contributed by atoms with E-state index < -0.39 is 0 Å². The van der Waals surface area contributed by atoms with Crippen molar-refractivity contribution in [2.45, 2.75) is 50.4 Å². The molecular weight excluding hydrogens is 362 g/mol. The lowest BCUT2D eigenvalue weighted by atomic mass is 9.78. The van der Waals surface area contributed by atoms with E-state index in [1.807, 2.05) is 0 Å². The first kappa shape index (κ1) is 16.8. The third-order valence-corrected chi connectivity index (χ3v) is 8.03. The number of hydrogen-bond donors (Lipinski definition) is 0. The number of rotatable bonds is 1. The van der Waals surface area contributed by atoms with Crippen LogP contribution in [-0.4, -0.2) is 4.98 Å². The van der Waals surface area contributed by atoms with E-state index in [0.717, 1.165) is 5.69 Å². The van der Waals surface area contributed by atoms with Gasteiger partial charge in [-0.1, -0.05) is 54.6 Å². The Morgan fingerprint density at radius 1 is 0.700 bits per heavy atom. The van der Waals surface area contributed by atoms with Crippen molar-refractivity contribution in [3.05, 3.63) is 100 Å². The van der Waals surface area contributed by atoms with Gasteiger partial charge in [0, 0.05) is 17.2 Å². The summed E-state index contributed by atoms with van der Waals surface area (Å²) in [6.07, 6.45) is 10.7. The maximum atomic E-state index is 4.86. The normalized spacial score (nSPS) is 18.0. The molecule has 1 spiro atoms. The highest BCUT2D eigenvalue weighted by atomic mass is 14.7. The van der Waals surface area contributed by atoms with Gasteiger partial charge in [0.25, 0.3) is 0 Å². The van der Waals surface area contributed by atoms with Crippen molar-refractivity contribution in [3.8, 4) is 11.3 Å². The first-order chi connectivity index (χ1) is 14.8. The van der Waals surface area contributed by atoms with Crippen molar-refractivity contribution in [1.29, 1.82) is 0 Å². The molecule has 7 rings (SSSR count). The Morgan fingerprint density at radius 2 is 1.53 bits per heavy atom. The van der Waals surface area contributed by atoms with Gasteiger partial charge in [0.2, 0.25) is 0 Å². The van der Waals surface area contributed by atoms with Gasteiger partial charge in [-0.05, 0) is 95.2 Å². The van der Waals surface area contributed by atoms with E-state index in [1.54, 1.807) is 22.3 Å². The molecule has 1 heterocycles. The third-order valence-electron chi connectivity index (χ3n) is 8.03. The highest BCUT2D eigenvalue weighted by molar-refractivity contribution is 5.98. The zero-order chi connectivity index (χ0) is 19.7. The van der Waals surface area contributed by atoms with Gasteiger partial charge < -0.3 is 0 Å². The van der Waals surface area contributed by atoms with Crippen molar-refractivity contribution >= 4 is 10.8 Å². The number of aryl methyl sites for hydroxylation is 3. The molecule has 3 aliphatic carbocycles. The minimum absolute atomic E-state index is 0.315. The van der Waals surface area contributed by atoms with Crippen LogP contribution in [0.2, 0.25) is 0 Å². The fourth-order valence-corrected chi connectivity index (χ4v) is 6.57. The number of benzene rings is 3. The Bertz CT molecular complexity index is 1300. The summed E-state index contributed by atoms with van der Waals surface area (Å²) in [6.45, 7) is 0. The van der Waals surface area contributed by atoms with Crippen LogP contribution in [0.25, 0.3) is 22.0 Å². The van der Waals surface area contributed by atoms with E-state index in [1.165, 1.54) is 72.4 Å². The summed E-state index contributed by atoms with van der Waals surface area (Å²) in [6, 6.07) is 23.1. The van der Waals surface area contributed by atoms with Gasteiger partial charge in [-0.2, -0.15) is 0 Å². The predicted octanol–water partition coefficient (Wildman–Crippen LogP) is 6.37. The number of pyridine rings is 1. The lowest BCUT2D eigenvalue weighted by molar-refractivity contribution is 0.449. The summed E-state index contributed by atoms with van der Waals surface area (Å²) >= 11 is 0.